The van der Waals surface area contributed by atoms with Crippen LogP contribution in [0.3, 0.4) is 0 Å². The molecule has 5 nitrogen and oxygen atoms in total. The molecule has 0 aliphatic carbocycles. The highest BCUT2D eigenvalue weighted by molar-refractivity contribution is 6.36. The average molecular weight is 586 g/mol. The Labute approximate surface area is 261 Å². The molecule has 0 bridgehead atoms. The van der Waals surface area contributed by atoms with Crippen molar-refractivity contribution < 1.29 is 0 Å². The van der Waals surface area contributed by atoms with E-state index in [-0.39, 0.29) is 0 Å². The first-order valence-electron chi connectivity index (χ1n) is 15.5. The van der Waals surface area contributed by atoms with Crippen molar-refractivity contribution in [2.45, 2.75) is 0 Å². The largest absolute Gasteiger partial charge is 0.308 e. The Morgan fingerprint density at radius 1 is 0.457 bits per heavy atom. The standard InChI is InChI=1S/C41H23N5/c1-2-11-24(12-3-1)38-29-17-10-20-42-40(29)44-41(43-38)46-33-19-9-7-16-28(33)36-35(46)23-30-27-15-6-8-18-32(27)45-34-22-26-14-5-4-13-25(26)21-31(34)37(36)39(30)45/h1-23H. The minimum atomic E-state index is 0.614. The third-order valence-corrected chi connectivity index (χ3v) is 9.67. The van der Waals surface area contributed by atoms with E-state index in [9.17, 15) is 0 Å². The lowest BCUT2D eigenvalue weighted by Gasteiger charge is -2.11. The molecule has 5 heterocycles. The van der Waals surface area contributed by atoms with Crippen molar-refractivity contribution in [3.8, 4) is 17.2 Å². The van der Waals surface area contributed by atoms with Crippen LogP contribution in [0.5, 0.6) is 0 Å². The molecule has 0 spiro atoms. The second-order valence-electron chi connectivity index (χ2n) is 12.1. The van der Waals surface area contributed by atoms with Crippen molar-refractivity contribution in [1.82, 2.24) is 23.9 Å². The molecule has 5 aromatic heterocycles. The average Bonchev–Trinajstić information content (AvgIpc) is 3.74. The topological polar surface area (TPSA) is 48.0 Å². The summed E-state index contributed by atoms with van der Waals surface area (Å²) in [6, 6.07) is 47.5. The molecule has 5 heteroatoms. The van der Waals surface area contributed by atoms with Crippen molar-refractivity contribution in [2.75, 3.05) is 0 Å². The van der Waals surface area contributed by atoms with Gasteiger partial charge in [-0.15, -0.1) is 0 Å². The van der Waals surface area contributed by atoms with E-state index in [1.807, 2.05) is 12.1 Å². The molecule has 0 radical (unpaired) electrons. The van der Waals surface area contributed by atoms with Gasteiger partial charge in [0.2, 0.25) is 5.95 Å². The highest BCUT2D eigenvalue weighted by Crippen LogP contribution is 2.47. The number of rotatable bonds is 2. The Morgan fingerprint density at radius 2 is 1.17 bits per heavy atom. The van der Waals surface area contributed by atoms with Crippen LogP contribution in [0.2, 0.25) is 0 Å². The van der Waals surface area contributed by atoms with E-state index in [1.165, 1.54) is 59.6 Å². The molecular formula is C41H23N5. The van der Waals surface area contributed by atoms with Crippen molar-refractivity contribution >= 4 is 81.7 Å². The summed E-state index contributed by atoms with van der Waals surface area (Å²) >= 11 is 0. The van der Waals surface area contributed by atoms with Gasteiger partial charge in [0.1, 0.15) is 0 Å². The van der Waals surface area contributed by atoms with Crippen LogP contribution in [0.4, 0.5) is 0 Å². The lowest BCUT2D eigenvalue weighted by Crippen LogP contribution is -2.04. The number of hydrogen-bond acceptors (Lipinski definition) is 3. The quantitative estimate of drug-likeness (QED) is 0.203. The van der Waals surface area contributed by atoms with Gasteiger partial charge in [-0.2, -0.15) is 4.98 Å². The minimum Gasteiger partial charge on any atom is -0.308 e. The molecule has 11 aromatic rings. The zero-order chi connectivity index (χ0) is 29.9. The molecule has 212 valence electrons. The molecule has 0 atom stereocenters. The van der Waals surface area contributed by atoms with Crippen LogP contribution < -0.4 is 0 Å². The van der Waals surface area contributed by atoms with Crippen LogP contribution in [0.1, 0.15) is 0 Å². The SMILES string of the molecule is c1ccc(-c2nc(-n3c4ccccc4c4c5c6cc7ccccc7cc6n6c7ccccc7c(cc43)c56)nc3ncccc23)cc1. The maximum atomic E-state index is 5.30. The molecule has 0 N–H and O–H groups in total. The fourth-order valence-corrected chi connectivity index (χ4v) is 7.78. The zero-order valence-corrected chi connectivity index (χ0v) is 24.5. The first kappa shape index (κ1) is 24.0. The molecule has 0 amide bonds. The van der Waals surface area contributed by atoms with E-state index >= 15 is 0 Å². The van der Waals surface area contributed by atoms with Crippen LogP contribution >= 0.6 is 0 Å². The predicted octanol–water partition coefficient (Wildman–Crippen LogP) is 10.1. The molecular weight excluding hydrogens is 562 g/mol. The Kier molecular flexibility index (Phi) is 4.52. The summed E-state index contributed by atoms with van der Waals surface area (Å²) in [7, 11) is 0. The lowest BCUT2D eigenvalue weighted by atomic mass is 10.0. The second-order valence-corrected chi connectivity index (χ2v) is 12.1. The molecule has 6 aromatic carbocycles. The maximum Gasteiger partial charge on any atom is 0.237 e. The Balaban J connectivity index is 1.38. The van der Waals surface area contributed by atoms with Gasteiger partial charge in [-0.25, -0.2) is 9.97 Å². The fraction of sp³-hybridized carbons (Fsp3) is 0. The number of para-hydroxylation sites is 2. The number of hydrogen-bond donors (Lipinski definition) is 0. The smallest absolute Gasteiger partial charge is 0.237 e. The molecule has 46 heavy (non-hydrogen) atoms. The number of nitrogens with zero attached hydrogens (tertiary/aromatic N) is 5. The molecule has 0 fully saturated rings. The summed E-state index contributed by atoms with van der Waals surface area (Å²) in [4.78, 5) is 15.1. The third kappa shape index (κ3) is 3.01. The highest BCUT2D eigenvalue weighted by atomic mass is 15.2. The summed E-state index contributed by atoms with van der Waals surface area (Å²) in [5.74, 6) is 0.614. The summed E-state index contributed by atoms with van der Waals surface area (Å²) < 4.78 is 4.71. The Morgan fingerprint density at radius 3 is 2.04 bits per heavy atom. The number of benzene rings is 6. The third-order valence-electron chi connectivity index (χ3n) is 9.67. The van der Waals surface area contributed by atoms with Gasteiger partial charge in [-0.1, -0.05) is 91.0 Å². The van der Waals surface area contributed by atoms with Crippen molar-refractivity contribution in [3.05, 3.63) is 140 Å². The van der Waals surface area contributed by atoms with Crippen LogP contribution in [0.15, 0.2) is 140 Å². The summed E-state index contributed by atoms with van der Waals surface area (Å²) in [6.07, 6.45) is 1.81. The first-order chi connectivity index (χ1) is 22.8. The lowest BCUT2D eigenvalue weighted by molar-refractivity contribution is 1.01. The van der Waals surface area contributed by atoms with Gasteiger partial charge in [0, 0.05) is 49.5 Å². The maximum absolute atomic E-state index is 5.30. The number of pyridine rings is 1. The molecule has 0 saturated heterocycles. The van der Waals surface area contributed by atoms with Crippen molar-refractivity contribution in [2.24, 2.45) is 0 Å². The zero-order valence-electron chi connectivity index (χ0n) is 24.5. The van der Waals surface area contributed by atoms with Crippen LogP contribution in [-0.4, -0.2) is 23.9 Å². The van der Waals surface area contributed by atoms with Crippen molar-refractivity contribution in [1.29, 1.82) is 0 Å². The van der Waals surface area contributed by atoms with Gasteiger partial charge in [0.05, 0.1) is 33.3 Å². The Hall–Kier alpha value is -6.33. The molecule has 11 rings (SSSR count). The normalized spacial score (nSPS) is 12.3. The molecule has 0 saturated carbocycles. The van der Waals surface area contributed by atoms with E-state index in [4.69, 9.17) is 15.0 Å². The van der Waals surface area contributed by atoms with E-state index in [0.29, 0.717) is 11.6 Å². The minimum absolute atomic E-state index is 0.614. The van der Waals surface area contributed by atoms with E-state index in [2.05, 4.69) is 130 Å². The van der Waals surface area contributed by atoms with Gasteiger partial charge in [0.15, 0.2) is 5.65 Å². The van der Waals surface area contributed by atoms with Gasteiger partial charge >= 0.3 is 0 Å². The van der Waals surface area contributed by atoms with Gasteiger partial charge in [-0.3, -0.25) is 4.57 Å². The van der Waals surface area contributed by atoms with Gasteiger partial charge in [0.25, 0.3) is 0 Å². The van der Waals surface area contributed by atoms with E-state index < -0.39 is 0 Å². The summed E-state index contributed by atoms with van der Waals surface area (Å²) in [5.41, 5.74) is 8.44. The first-order valence-corrected chi connectivity index (χ1v) is 15.5. The van der Waals surface area contributed by atoms with Gasteiger partial charge < -0.3 is 4.40 Å². The fourth-order valence-electron chi connectivity index (χ4n) is 7.78. The van der Waals surface area contributed by atoms with Crippen LogP contribution in [0.25, 0.3) is 98.9 Å². The monoisotopic (exact) mass is 585 g/mol. The highest BCUT2D eigenvalue weighted by Gasteiger charge is 2.25. The Bertz CT molecular complexity index is 3020. The van der Waals surface area contributed by atoms with Crippen molar-refractivity contribution in [3.63, 3.8) is 0 Å². The van der Waals surface area contributed by atoms with Crippen LogP contribution in [0, 0.1) is 0 Å². The molecule has 0 aliphatic heterocycles. The van der Waals surface area contributed by atoms with E-state index in [0.717, 1.165) is 27.7 Å². The number of aromatic nitrogens is 5. The van der Waals surface area contributed by atoms with Gasteiger partial charge in [-0.05, 0) is 53.2 Å². The molecule has 0 aliphatic rings. The van der Waals surface area contributed by atoms with E-state index in [1.54, 1.807) is 6.20 Å². The second kappa shape index (κ2) is 8.65. The summed E-state index contributed by atoms with van der Waals surface area (Å²) in [5, 5.41) is 10.8. The van der Waals surface area contributed by atoms with Crippen LogP contribution in [-0.2, 0) is 0 Å². The summed E-state index contributed by atoms with van der Waals surface area (Å²) in [6.45, 7) is 0. The molecule has 0 unspecified atom stereocenters. The predicted molar refractivity (Wildman–Crippen MR) is 189 cm³/mol. The number of fused-ring (bicyclic) bond motifs is 12.